The number of alkyl carbamates (subject to hydrolysis) is 1. The van der Waals surface area contributed by atoms with E-state index in [2.05, 4.69) is 20.4 Å². The number of aromatic nitrogens is 2. The molecule has 0 radical (unpaired) electrons. The summed E-state index contributed by atoms with van der Waals surface area (Å²) in [5, 5.41) is 5.75. The molecular weight excluding hydrogens is 493 g/mol. The molecule has 200 valence electrons. The van der Waals surface area contributed by atoms with Gasteiger partial charge in [0.15, 0.2) is 0 Å². The Kier molecular flexibility index (Phi) is 8.57. The number of allylic oxidation sites excluding steroid dienone is 1. The Balaban J connectivity index is 1.42. The summed E-state index contributed by atoms with van der Waals surface area (Å²) in [6.45, 7) is 1.66. The third kappa shape index (κ3) is 6.67. The van der Waals surface area contributed by atoms with E-state index in [-0.39, 0.29) is 30.4 Å². The van der Waals surface area contributed by atoms with Crippen molar-refractivity contribution in [3.05, 3.63) is 76.6 Å². The van der Waals surface area contributed by atoms with Gasteiger partial charge in [0, 0.05) is 35.9 Å². The number of aromatic amines is 1. The molecule has 4 rings (SSSR count). The zero-order valence-corrected chi connectivity index (χ0v) is 21.0. The van der Waals surface area contributed by atoms with E-state index in [0.29, 0.717) is 17.5 Å². The number of benzene rings is 1. The first-order valence-corrected chi connectivity index (χ1v) is 12.4. The Morgan fingerprint density at radius 1 is 1.18 bits per heavy atom. The molecule has 0 bridgehead atoms. The SMILES string of the molecule is COC(=O)NC(CC/C=C/C(=O)N1CCCC1)C(=O)Nc1cccn(Cc2cc3cc(F)ccc3[nH]2)c1=O. The molecule has 11 heteroatoms. The lowest BCUT2D eigenvalue weighted by molar-refractivity contribution is -0.125. The highest BCUT2D eigenvalue weighted by Gasteiger charge is 2.22. The van der Waals surface area contributed by atoms with Crippen LogP contribution in [0.2, 0.25) is 0 Å². The van der Waals surface area contributed by atoms with Crippen molar-refractivity contribution in [1.82, 2.24) is 19.8 Å². The minimum absolute atomic E-state index is 0.0380. The molecule has 1 aromatic carbocycles. The number of fused-ring (bicyclic) bond motifs is 1. The fourth-order valence-corrected chi connectivity index (χ4v) is 4.37. The summed E-state index contributed by atoms with van der Waals surface area (Å²) in [5.74, 6) is -1.02. The summed E-state index contributed by atoms with van der Waals surface area (Å²) in [6.07, 6.45) is 6.47. The molecule has 1 saturated heterocycles. The molecule has 3 amide bonds. The molecule has 0 spiro atoms. The third-order valence-electron chi connectivity index (χ3n) is 6.35. The summed E-state index contributed by atoms with van der Waals surface area (Å²) < 4.78 is 19.6. The van der Waals surface area contributed by atoms with Crippen LogP contribution >= 0.6 is 0 Å². The maximum absolute atomic E-state index is 13.5. The summed E-state index contributed by atoms with van der Waals surface area (Å²) in [6, 6.07) is 8.24. The van der Waals surface area contributed by atoms with Crippen molar-refractivity contribution in [2.45, 2.75) is 38.3 Å². The van der Waals surface area contributed by atoms with Crippen LogP contribution in [0.15, 0.2) is 59.5 Å². The number of likely N-dealkylation sites (tertiary alicyclic amines) is 1. The molecule has 3 heterocycles. The molecule has 3 N–H and O–H groups in total. The monoisotopic (exact) mass is 523 g/mol. The predicted octanol–water partition coefficient (Wildman–Crippen LogP) is 3.14. The lowest BCUT2D eigenvalue weighted by Gasteiger charge is -2.17. The minimum atomic E-state index is -0.995. The van der Waals surface area contributed by atoms with Gasteiger partial charge in [-0.2, -0.15) is 0 Å². The van der Waals surface area contributed by atoms with Crippen molar-refractivity contribution in [3.63, 3.8) is 0 Å². The van der Waals surface area contributed by atoms with Crippen LogP contribution < -0.4 is 16.2 Å². The van der Waals surface area contributed by atoms with E-state index < -0.39 is 23.6 Å². The topological polar surface area (TPSA) is 126 Å². The zero-order valence-electron chi connectivity index (χ0n) is 21.0. The quantitative estimate of drug-likeness (QED) is 0.372. The molecule has 10 nitrogen and oxygen atoms in total. The molecule has 38 heavy (non-hydrogen) atoms. The van der Waals surface area contributed by atoms with Gasteiger partial charge in [-0.3, -0.25) is 14.4 Å². The number of rotatable bonds is 9. The van der Waals surface area contributed by atoms with Gasteiger partial charge in [0.2, 0.25) is 11.8 Å². The number of hydrogen-bond donors (Lipinski definition) is 3. The number of pyridine rings is 1. The Morgan fingerprint density at radius 2 is 1.97 bits per heavy atom. The Morgan fingerprint density at radius 3 is 2.74 bits per heavy atom. The predicted molar refractivity (Wildman–Crippen MR) is 140 cm³/mol. The maximum Gasteiger partial charge on any atom is 0.407 e. The van der Waals surface area contributed by atoms with Gasteiger partial charge in [-0.1, -0.05) is 6.08 Å². The summed E-state index contributed by atoms with van der Waals surface area (Å²) in [5.41, 5.74) is 1.03. The number of hydrogen-bond acceptors (Lipinski definition) is 5. The van der Waals surface area contributed by atoms with E-state index in [1.54, 1.807) is 35.4 Å². The number of anilines is 1. The van der Waals surface area contributed by atoms with Gasteiger partial charge in [-0.15, -0.1) is 0 Å². The van der Waals surface area contributed by atoms with Crippen LogP contribution in [-0.4, -0.2) is 58.6 Å². The smallest absolute Gasteiger partial charge is 0.407 e. The van der Waals surface area contributed by atoms with Gasteiger partial charge in [0.05, 0.1) is 13.7 Å². The molecule has 1 aliphatic rings. The molecule has 1 unspecified atom stereocenters. The van der Waals surface area contributed by atoms with E-state index in [9.17, 15) is 23.6 Å². The molecule has 1 atom stereocenters. The van der Waals surface area contributed by atoms with Gasteiger partial charge in [-0.25, -0.2) is 9.18 Å². The van der Waals surface area contributed by atoms with Crippen LogP contribution in [0.3, 0.4) is 0 Å². The average Bonchev–Trinajstić information content (AvgIpc) is 3.57. The van der Waals surface area contributed by atoms with Crippen molar-refractivity contribution in [2.75, 3.05) is 25.5 Å². The summed E-state index contributed by atoms with van der Waals surface area (Å²) >= 11 is 0. The highest BCUT2D eigenvalue weighted by atomic mass is 19.1. The lowest BCUT2D eigenvalue weighted by atomic mass is 10.1. The molecule has 3 aromatic rings. The second kappa shape index (κ2) is 12.2. The molecule has 0 aliphatic carbocycles. The van der Waals surface area contributed by atoms with Gasteiger partial charge in [0.1, 0.15) is 17.5 Å². The Bertz CT molecular complexity index is 1410. The normalized spacial score (nSPS) is 14.1. The number of nitrogens with zero attached hydrogens (tertiary/aromatic N) is 2. The Hall–Kier alpha value is -4.41. The number of carbonyl (C=O) groups is 3. The maximum atomic E-state index is 13.5. The van der Waals surface area contributed by atoms with Crippen molar-refractivity contribution in [1.29, 1.82) is 0 Å². The third-order valence-corrected chi connectivity index (χ3v) is 6.35. The molecule has 1 fully saturated rings. The van der Waals surface area contributed by atoms with Gasteiger partial charge < -0.3 is 29.8 Å². The summed E-state index contributed by atoms with van der Waals surface area (Å²) in [7, 11) is 1.19. The first kappa shape index (κ1) is 26.6. The van der Waals surface area contributed by atoms with Crippen molar-refractivity contribution in [2.24, 2.45) is 0 Å². The van der Waals surface area contributed by atoms with E-state index in [1.807, 2.05) is 0 Å². The Labute approximate surface area is 218 Å². The number of carbonyl (C=O) groups excluding carboxylic acids is 3. The molecule has 1 aliphatic heterocycles. The van der Waals surface area contributed by atoms with Crippen molar-refractivity contribution in [3.8, 4) is 0 Å². The van der Waals surface area contributed by atoms with Crippen LogP contribution in [0.1, 0.15) is 31.4 Å². The van der Waals surface area contributed by atoms with Crippen LogP contribution in [0.25, 0.3) is 10.9 Å². The van der Waals surface area contributed by atoms with E-state index >= 15 is 0 Å². The number of ether oxygens (including phenoxy) is 1. The van der Waals surface area contributed by atoms with Gasteiger partial charge in [-0.05, 0) is 68.2 Å². The van der Waals surface area contributed by atoms with E-state index in [4.69, 9.17) is 0 Å². The zero-order chi connectivity index (χ0) is 27.1. The van der Waals surface area contributed by atoms with Crippen LogP contribution in [-0.2, 0) is 20.9 Å². The molecule has 2 aromatic heterocycles. The van der Waals surface area contributed by atoms with Crippen molar-refractivity contribution < 1.29 is 23.5 Å². The van der Waals surface area contributed by atoms with E-state index in [0.717, 1.165) is 31.4 Å². The fourth-order valence-electron chi connectivity index (χ4n) is 4.37. The van der Waals surface area contributed by atoms with Crippen LogP contribution in [0.4, 0.5) is 14.9 Å². The number of H-pyrrole nitrogens is 1. The molecular formula is C27H30FN5O5. The first-order valence-electron chi connectivity index (χ1n) is 12.4. The lowest BCUT2D eigenvalue weighted by Crippen LogP contribution is -2.44. The number of amides is 3. The summed E-state index contributed by atoms with van der Waals surface area (Å²) in [4.78, 5) is 55.0. The van der Waals surface area contributed by atoms with Gasteiger partial charge in [0.25, 0.3) is 5.56 Å². The largest absolute Gasteiger partial charge is 0.453 e. The molecule has 0 saturated carbocycles. The number of nitrogens with one attached hydrogen (secondary N) is 3. The van der Waals surface area contributed by atoms with Gasteiger partial charge >= 0.3 is 6.09 Å². The highest BCUT2D eigenvalue weighted by Crippen LogP contribution is 2.17. The van der Waals surface area contributed by atoms with E-state index in [1.165, 1.54) is 36.0 Å². The van der Waals surface area contributed by atoms with Crippen LogP contribution in [0.5, 0.6) is 0 Å². The highest BCUT2D eigenvalue weighted by molar-refractivity contribution is 5.96. The number of methoxy groups -OCH3 is 1. The second-order valence-corrected chi connectivity index (χ2v) is 9.07. The minimum Gasteiger partial charge on any atom is -0.453 e. The standard InChI is InChI=1S/C27H30FN5O5/c1-38-27(37)31-22(7-2-3-9-24(34)32-12-4-5-13-32)25(35)30-23-8-6-14-33(26(23)36)17-20-16-18-15-19(28)10-11-21(18)29-20/h3,6,8-11,14-16,22,29H,2,4-5,7,12-13,17H2,1H3,(H,30,35)(H,31,37)/b9-3+. The second-order valence-electron chi connectivity index (χ2n) is 9.07. The first-order chi connectivity index (χ1) is 18.3. The number of halogens is 1. The van der Waals surface area contributed by atoms with Crippen LogP contribution in [0, 0.1) is 5.82 Å². The van der Waals surface area contributed by atoms with Crippen molar-refractivity contribution >= 4 is 34.5 Å². The fraction of sp³-hybridized carbons (Fsp3) is 0.333. The average molecular weight is 524 g/mol.